The standard InChI is InChI=1S/C10H18N4/c1-4-5-6-9-7(2)13-14(8(9)3)10(11)12/h4-6H2,1-3H3,(H3,11,12). The molecule has 0 atom stereocenters. The molecule has 0 radical (unpaired) electrons. The molecule has 4 nitrogen and oxygen atoms in total. The summed E-state index contributed by atoms with van der Waals surface area (Å²) in [5, 5.41) is 11.6. The smallest absolute Gasteiger partial charge is 0.213 e. The van der Waals surface area contributed by atoms with Crippen LogP contribution in [0, 0.1) is 19.3 Å². The number of hydrogen-bond acceptors (Lipinski definition) is 2. The fourth-order valence-corrected chi connectivity index (χ4v) is 1.62. The van der Waals surface area contributed by atoms with Crippen LogP contribution in [0.1, 0.15) is 36.7 Å². The number of aryl methyl sites for hydroxylation is 1. The minimum atomic E-state index is -0.00616. The number of hydrogen-bond donors (Lipinski definition) is 2. The van der Waals surface area contributed by atoms with Gasteiger partial charge in [-0.2, -0.15) is 5.10 Å². The van der Waals surface area contributed by atoms with Gasteiger partial charge in [0, 0.05) is 5.69 Å². The number of aromatic nitrogens is 2. The van der Waals surface area contributed by atoms with E-state index in [2.05, 4.69) is 12.0 Å². The van der Waals surface area contributed by atoms with Crippen LogP contribution in [0.25, 0.3) is 0 Å². The number of nitrogens with two attached hydrogens (primary N) is 1. The highest BCUT2D eigenvalue weighted by Gasteiger charge is 2.11. The fourth-order valence-electron chi connectivity index (χ4n) is 1.62. The van der Waals surface area contributed by atoms with E-state index in [-0.39, 0.29) is 5.96 Å². The highest BCUT2D eigenvalue weighted by molar-refractivity contribution is 5.77. The second-order valence-corrected chi connectivity index (χ2v) is 3.55. The first-order chi connectivity index (χ1) is 6.57. The largest absolute Gasteiger partial charge is 0.368 e. The molecule has 0 saturated carbocycles. The van der Waals surface area contributed by atoms with Crippen LogP contribution in [0.4, 0.5) is 0 Å². The number of nitrogen functional groups attached to an aromatic ring is 1. The first-order valence-electron chi connectivity index (χ1n) is 4.97. The van der Waals surface area contributed by atoms with Crippen molar-refractivity contribution >= 4 is 5.96 Å². The molecule has 1 heterocycles. The van der Waals surface area contributed by atoms with E-state index in [9.17, 15) is 0 Å². The van der Waals surface area contributed by atoms with E-state index in [0.29, 0.717) is 0 Å². The number of rotatable bonds is 3. The molecule has 1 aromatic rings. The van der Waals surface area contributed by atoms with E-state index in [0.717, 1.165) is 24.2 Å². The SMILES string of the molecule is CCCCc1c(C)nn(C(=N)N)c1C. The molecule has 0 aliphatic heterocycles. The molecule has 78 valence electrons. The van der Waals surface area contributed by atoms with E-state index >= 15 is 0 Å². The van der Waals surface area contributed by atoms with Gasteiger partial charge in [0.15, 0.2) is 0 Å². The predicted octanol–water partition coefficient (Wildman–Crippen LogP) is 1.58. The zero-order chi connectivity index (χ0) is 10.7. The molecule has 0 saturated heterocycles. The second-order valence-electron chi connectivity index (χ2n) is 3.55. The summed E-state index contributed by atoms with van der Waals surface area (Å²) < 4.78 is 1.50. The lowest BCUT2D eigenvalue weighted by molar-refractivity contribution is 0.786. The highest BCUT2D eigenvalue weighted by atomic mass is 15.3. The van der Waals surface area contributed by atoms with E-state index in [1.165, 1.54) is 16.7 Å². The van der Waals surface area contributed by atoms with Gasteiger partial charge >= 0.3 is 0 Å². The highest BCUT2D eigenvalue weighted by Crippen LogP contribution is 2.15. The maximum Gasteiger partial charge on any atom is 0.213 e. The Morgan fingerprint density at radius 2 is 2.14 bits per heavy atom. The van der Waals surface area contributed by atoms with Crippen molar-refractivity contribution in [3.63, 3.8) is 0 Å². The summed E-state index contributed by atoms with van der Waals surface area (Å²) in [4.78, 5) is 0. The summed E-state index contributed by atoms with van der Waals surface area (Å²) in [6.07, 6.45) is 3.36. The third-order valence-electron chi connectivity index (χ3n) is 2.45. The lowest BCUT2D eigenvalue weighted by Crippen LogP contribution is -2.23. The van der Waals surface area contributed by atoms with Crippen molar-refractivity contribution in [2.75, 3.05) is 0 Å². The van der Waals surface area contributed by atoms with E-state index in [1.807, 2.05) is 13.8 Å². The van der Waals surface area contributed by atoms with Crippen LogP contribution >= 0.6 is 0 Å². The van der Waals surface area contributed by atoms with E-state index in [4.69, 9.17) is 11.1 Å². The molecule has 0 bridgehead atoms. The van der Waals surface area contributed by atoms with Crippen LogP contribution in [0.2, 0.25) is 0 Å². The van der Waals surface area contributed by atoms with Gasteiger partial charge < -0.3 is 5.73 Å². The molecule has 1 rings (SSSR count). The van der Waals surface area contributed by atoms with E-state index in [1.54, 1.807) is 0 Å². The monoisotopic (exact) mass is 194 g/mol. The summed E-state index contributed by atoms with van der Waals surface area (Å²) in [7, 11) is 0. The second kappa shape index (κ2) is 4.26. The van der Waals surface area contributed by atoms with Gasteiger partial charge in [0.05, 0.1) is 5.69 Å². The summed E-state index contributed by atoms with van der Waals surface area (Å²) in [6.45, 7) is 6.10. The maximum atomic E-state index is 7.34. The molecule has 14 heavy (non-hydrogen) atoms. The summed E-state index contributed by atoms with van der Waals surface area (Å²) in [5.41, 5.74) is 8.64. The predicted molar refractivity (Wildman–Crippen MR) is 57.6 cm³/mol. The first kappa shape index (κ1) is 10.8. The Kier molecular flexibility index (Phi) is 3.28. The van der Waals surface area contributed by atoms with Crippen LogP contribution in [-0.2, 0) is 6.42 Å². The van der Waals surface area contributed by atoms with Crippen molar-refractivity contribution in [2.45, 2.75) is 40.0 Å². The average molecular weight is 194 g/mol. The fraction of sp³-hybridized carbons (Fsp3) is 0.600. The van der Waals surface area contributed by atoms with Crippen LogP contribution < -0.4 is 5.73 Å². The minimum Gasteiger partial charge on any atom is -0.368 e. The zero-order valence-electron chi connectivity index (χ0n) is 9.09. The quantitative estimate of drug-likeness (QED) is 0.566. The van der Waals surface area contributed by atoms with Crippen molar-refractivity contribution in [1.29, 1.82) is 5.41 Å². The van der Waals surface area contributed by atoms with E-state index < -0.39 is 0 Å². The topological polar surface area (TPSA) is 67.7 Å². The Balaban J connectivity index is 2.99. The molecule has 0 aliphatic rings. The van der Waals surface area contributed by atoms with Gasteiger partial charge in [-0.05, 0) is 32.3 Å². The third-order valence-corrected chi connectivity index (χ3v) is 2.45. The first-order valence-corrected chi connectivity index (χ1v) is 4.97. The Hall–Kier alpha value is -1.32. The summed E-state index contributed by atoms with van der Waals surface area (Å²) >= 11 is 0. The van der Waals surface area contributed by atoms with Crippen LogP contribution in [0.15, 0.2) is 0 Å². The number of nitrogens with zero attached hydrogens (tertiary/aromatic N) is 2. The average Bonchev–Trinajstić information content (AvgIpc) is 2.40. The molecule has 0 amide bonds. The van der Waals surface area contributed by atoms with Gasteiger partial charge in [0.1, 0.15) is 0 Å². The Labute approximate surface area is 84.6 Å². The molecule has 0 unspecified atom stereocenters. The molecule has 0 aliphatic carbocycles. The van der Waals surface area contributed by atoms with Crippen LogP contribution in [0.5, 0.6) is 0 Å². The van der Waals surface area contributed by atoms with Gasteiger partial charge in [-0.1, -0.05) is 13.3 Å². The lowest BCUT2D eigenvalue weighted by atomic mass is 10.1. The molecule has 0 fully saturated rings. The van der Waals surface area contributed by atoms with Crippen LogP contribution in [0.3, 0.4) is 0 Å². The Morgan fingerprint density at radius 1 is 1.50 bits per heavy atom. The number of unbranched alkanes of at least 4 members (excludes halogenated alkanes) is 1. The maximum absolute atomic E-state index is 7.34. The molecule has 0 spiro atoms. The summed E-state index contributed by atoms with van der Waals surface area (Å²) in [5.74, 6) is -0.00616. The molecular formula is C10H18N4. The molecule has 0 aromatic carbocycles. The summed E-state index contributed by atoms with van der Waals surface area (Å²) in [6, 6.07) is 0. The third kappa shape index (κ3) is 1.95. The Morgan fingerprint density at radius 3 is 2.57 bits per heavy atom. The van der Waals surface area contributed by atoms with Gasteiger partial charge in [-0.3, -0.25) is 5.41 Å². The van der Waals surface area contributed by atoms with Crippen LogP contribution in [-0.4, -0.2) is 15.7 Å². The Bertz CT molecular complexity index is 338. The van der Waals surface area contributed by atoms with Crippen molar-refractivity contribution in [2.24, 2.45) is 5.73 Å². The number of nitrogens with one attached hydrogen (secondary N) is 1. The molecular weight excluding hydrogens is 176 g/mol. The molecule has 4 heteroatoms. The van der Waals surface area contributed by atoms with Crippen molar-refractivity contribution in [3.05, 3.63) is 17.0 Å². The zero-order valence-corrected chi connectivity index (χ0v) is 9.09. The van der Waals surface area contributed by atoms with Gasteiger partial charge in [-0.25, -0.2) is 4.68 Å². The van der Waals surface area contributed by atoms with Gasteiger partial charge in [0.2, 0.25) is 5.96 Å². The molecule has 1 aromatic heterocycles. The lowest BCUT2D eigenvalue weighted by Gasteiger charge is -2.01. The normalized spacial score (nSPS) is 10.5. The van der Waals surface area contributed by atoms with Gasteiger partial charge in [-0.15, -0.1) is 0 Å². The van der Waals surface area contributed by atoms with Gasteiger partial charge in [0.25, 0.3) is 0 Å². The van der Waals surface area contributed by atoms with Crippen molar-refractivity contribution in [3.8, 4) is 0 Å². The molecule has 3 N–H and O–H groups in total. The minimum absolute atomic E-state index is 0.00616. The van der Waals surface area contributed by atoms with Crippen molar-refractivity contribution < 1.29 is 0 Å². The van der Waals surface area contributed by atoms with Crippen molar-refractivity contribution in [1.82, 2.24) is 9.78 Å².